The minimum absolute atomic E-state index is 0.00635. The number of anilines is 1. The van der Waals surface area contributed by atoms with Gasteiger partial charge in [-0.15, -0.1) is 0 Å². The molecule has 39 heavy (non-hydrogen) atoms. The number of ether oxygens (including phenoxy) is 2. The van der Waals surface area contributed by atoms with Gasteiger partial charge in [0, 0.05) is 12.6 Å². The number of halogens is 2. The Kier molecular flexibility index (Phi) is 6.69. The Morgan fingerprint density at radius 3 is 2.05 bits per heavy atom. The van der Waals surface area contributed by atoms with Crippen LogP contribution < -0.4 is 30.8 Å². The first-order chi connectivity index (χ1) is 18.3. The molecule has 0 spiro atoms. The van der Waals surface area contributed by atoms with Gasteiger partial charge >= 0.3 is 0 Å². The van der Waals surface area contributed by atoms with Crippen LogP contribution in [0.15, 0.2) is 50.1 Å². The lowest BCUT2D eigenvalue weighted by Crippen LogP contribution is -2.31. The first kappa shape index (κ1) is 27.1. The zero-order chi connectivity index (χ0) is 28.3. The summed E-state index contributed by atoms with van der Waals surface area (Å²) in [7, 11) is -9.56. The van der Waals surface area contributed by atoms with E-state index in [9.17, 15) is 30.7 Å². The number of hydrogen-bond donors (Lipinski definition) is 4. The van der Waals surface area contributed by atoms with Gasteiger partial charge in [0.15, 0.2) is 27.9 Å². The molecule has 204 valence electrons. The summed E-state index contributed by atoms with van der Waals surface area (Å²) < 4.78 is 79.7. The van der Waals surface area contributed by atoms with E-state index < -0.39 is 30.0 Å². The molecule has 1 amide bonds. The summed E-state index contributed by atoms with van der Waals surface area (Å²) in [5, 5.41) is 4.78. The number of nitrogens with one attached hydrogen (secondary N) is 2. The predicted molar refractivity (Wildman–Crippen MR) is 138 cm³/mol. The third kappa shape index (κ3) is 4.77. The first-order valence-corrected chi connectivity index (χ1v) is 14.5. The second-order valence-electron chi connectivity index (χ2n) is 8.32. The molecule has 0 saturated carbocycles. The number of para-hydroxylation sites is 1. The highest BCUT2D eigenvalue weighted by Gasteiger charge is 2.33. The minimum Gasteiger partial charge on any atom is -0.450 e. The third-order valence-corrected chi connectivity index (χ3v) is 8.15. The zero-order valence-corrected chi connectivity index (χ0v) is 22.6. The van der Waals surface area contributed by atoms with Crippen LogP contribution in [0.4, 0.5) is 17.1 Å². The lowest BCUT2D eigenvalue weighted by atomic mass is 10.2. The van der Waals surface area contributed by atoms with Crippen molar-refractivity contribution >= 4 is 66.9 Å². The molecule has 0 saturated heterocycles. The van der Waals surface area contributed by atoms with Crippen molar-refractivity contribution in [3.05, 3.63) is 51.1 Å². The fraction of sp³-hybridized carbons (Fsp3) is 0.136. The van der Waals surface area contributed by atoms with Crippen LogP contribution in [0.25, 0.3) is 0 Å². The van der Waals surface area contributed by atoms with Gasteiger partial charge in [0.2, 0.25) is 6.41 Å². The van der Waals surface area contributed by atoms with Crippen LogP contribution in [-0.4, -0.2) is 44.9 Å². The van der Waals surface area contributed by atoms with Crippen LogP contribution in [0.3, 0.4) is 0 Å². The van der Waals surface area contributed by atoms with Gasteiger partial charge in [-0.2, -0.15) is 16.8 Å². The SMILES string of the molecule is CC(CNc1ccc2c(c1S(=O)(=O)O)Oc1c(Cl)c3c(c(Cl)c1=N2)Oc1c(cccc1S(=O)(=O)O)N=3)NC=O. The second-order valence-corrected chi connectivity index (χ2v) is 11.8. The molecule has 3 aromatic carbocycles. The number of amides is 1. The Hall–Kier alpha value is -3.47. The van der Waals surface area contributed by atoms with Gasteiger partial charge in [-0.3, -0.25) is 13.9 Å². The number of carbonyl (C=O) groups excluding carboxylic acids is 1. The van der Waals surface area contributed by atoms with E-state index in [1.54, 1.807) is 6.92 Å². The third-order valence-electron chi connectivity index (χ3n) is 5.65. The van der Waals surface area contributed by atoms with Crippen LogP contribution in [0.1, 0.15) is 6.92 Å². The molecule has 13 nitrogen and oxygen atoms in total. The van der Waals surface area contributed by atoms with Crippen LogP contribution in [-0.2, 0) is 25.0 Å². The standard InChI is InChI=1S/C22H16Cl2N4O9S2/c1-9(26-8-29)7-25-12-6-5-11-19(22(12)39(33,34)35)37-21-15(24)16-20(14(23)17(21)28-11)36-18-10(27-16)3-2-4-13(18)38(30,31)32/h2-6,8-9,25H,7H2,1H3,(H,26,29)(H,30,31,32)(H,33,34,35). The van der Waals surface area contributed by atoms with E-state index in [1.165, 1.54) is 24.3 Å². The maximum absolute atomic E-state index is 12.4. The van der Waals surface area contributed by atoms with Crippen molar-refractivity contribution in [2.45, 2.75) is 22.8 Å². The van der Waals surface area contributed by atoms with E-state index in [2.05, 4.69) is 20.6 Å². The highest BCUT2D eigenvalue weighted by atomic mass is 35.5. The minimum atomic E-state index is -4.88. The maximum atomic E-state index is 12.4. The van der Waals surface area contributed by atoms with Crippen molar-refractivity contribution in [3.8, 4) is 23.0 Å². The van der Waals surface area contributed by atoms with Crippen molar-refractivity contribution in [2.75, 3.05) is 11.9 Å². The lowest BCUT2D eigenvalue weighted by molar-refractivity contribution is -0.110. The number of carbonyl (C=O) groups is 1. The predicted octanol–water partition coefficient (Wildman–Crippen LogP) is 3.15. The second kappa shape index (κ2) is 9.62. The molecule has 2 aliphatic heterocycles. The van der Waals surface area contributed by atoms with Gasteiger partial charge in [-0.05, 0) is 31.2 Å². The van der Waals surface area contributed by atoms with Crippen LogP contribution in [0.5, 0.6) is 23.0 Å². The van der Waals surface area contributed by atoms with E-state index >= 15 is 0 Å². The molecule has 4 N–H and O–H groups in total. The first-order valence-electron chi connectivity index (χ1n) is 10.8. The van der Waals surface area contributed by atoms with Crippen LogP contribution >= 0.6 is 23.2 Å². The normalized spacial score (nSPS) is 14.1. The van der Waals surface area contributed by atoms with Gasteiger partial charge in [-0.25, -0.2) is 9.98 Å². The summed E-state index contributed by atoms with van der Waals surface area (Å²) in [6.45, 7) is 1.78. The summed E-state index contributed by atoms with van der Waals surface area (Å²) in [6.07, 6.45) is 0.491. The van der Waals surface area contributed by atoms with E-state index in [0.717, 1.165) is 6.07 Å². The smallest absolute Gasteiger partial charge is 0.300 e. The van der Waals surface area contributed by atoms with Crippen LogP contribution in [0.2, 0.25) is 10.0 Å². The van der Waals surface area contributed by atoms with Crippen molar-refractivity contribution in [3.63, 3.8) is 0 Å². The Balaban J connectivity index is 1.70. The monoisotopic (exact) mass is 614 g/mol. The average Bonchev–Trinajstić information content (AvgIpc) is 2.87. The number of rotatable bonds is 7. The quantitative estimate of drug-likeness (QED) is 0.156. The summed E-state index contributed by atoms with van der Waals surface area (Å²) in [4.78, 5) is 18.1. The molecule has 2 aliphatic rings. The van der Waals surface area contributed by atoms with Gasteiger partial charge in [0.1, 0.15) is 37.0 Å². The maximum Gasteiger partial charge on any atom is 0.300 e. The molecule has 17 heteroatoms. The van der Waals surface area contributed by atoms with E-state index in [4.69, 9.17) is 32.7 Å². The fourth-order valence-electron chi connectivity index (χ4n) is 3.92. The van der Waals surface area contributed by atoms with Crippen molar-refractivity contribution < 1.29 is 40.2 Å². The highest BCUT2D eigenvalue weighted by molar-refractivity contribution is 7.86. The van der Waals surface area contributed by atoms with Gasteiger partial charge in [0.05, 0.1) is 5.69 Å². The Morgan fingerprint density at radius 1 is 0.897 bits per heavy atom. The van der Waals surface area contributed by atoms with E-state index in [1.807, 2.05) is 0 Å². The van der Waals surface area contributed by atoms with Crippen molar-refractivity contribution in [1.29, 1.82) is 0 Å². The number of fused-ring (bicyclic) bond motifs is 4. The van der Waals surface area contributed by atoms with Gasteiger partial charge in [-0.1, -0.05) is 29.3 Å². The molecule has 1 unspecified atom stereocenters. The molecule has 0 fully saturated rings. The number of benzene rings is 3. The lowest BCUT2D eigenvalue weighted by Gasteiger charge is -2.23. The van der Waals surface area contributed by atoms with Gasteiger partial charge < -0.3 is 20.1 Å². The van der Waals surface area contributed by atoms with E-state index in [0.29, 0.717) is 6.41 Å². The molecular formula is C22H16Cl2N4O9S2. The topological polar surface area (TPSA) is 193 Å². The molecular weight excluding hydrogens is 599 g/mol. The largest absolute Gasteiger partial charge is 0.450 e. The van der Waals surface area contributed by atoms with Crippen molar-refractivity contribution in [1.82, 2.24) is 5.32 Å². The molecule has 0 aliphatic carbocycles. The Bertz CT molecular complexity index is 1920. The molecule has 0 aromatic heterocycles. The summed E-state index contributed by atoms with van der Waals surface area (Å²) in [6, 6.07) is 6.20. The summed E-state index contributed by atoms with van der Waals surface area (Å²) in [5.74, 6) is -1.02. The zero-order valence-electron chi connectivity index (χ0n) is 19.5. The van der Waals surface area contributed by atoms with Gasteiger partial charge in [0.25, 0.3) is 20.2 Å². The van der Waals surface area contributed by atoms with E-state index in [-0.39, 0.29) is 73.4 Å². The molecule has 0 bridgehead atoms. The molecule has 3 aromatic rings. The Morgan fingerprint density at radius 2 is 1.49 bits per heavy atom. The number of hydrogen-bond acceptors (Lipinski definition) is 10. The molecule has 2 heterocycles. The number of nitrogens with zero attached hydrogens (tertiary/aromatic N) is 2. The Labute approximate surface area is 230 Å². The summed E-state index contributed by atoms with van der Waals surface area (Å²) in [5.41, 5.74) is -0.0643. The average molecular weight is 615 g/mol. The molecule has 5 rings (SSSR count). The van der Waals surface area contributed by atoms with Crippen molar-refractivity contribution in [2.24, 2.45) is 9.98 Å². The highest BCUT2D eigenvalue weighted by Crippen LogP contribution is 2.47. The molecule has 0 radical (unpaired) electrons. The van der Waals surface area contributed by atoms with Crippen LogP contribution in [0, 0.1) is 0 Å². The fourth-order valence-corrected chi connectivity index (χ4v) is 5.87. The molecule has 1 atom stereocenters. The summed E-state index contributed by atoms with van der Waals surface area (Å²) >= 11 is 13.1.